The van der Waals surface area contributed by atoms with E-state index in [0.29, 0.717) is 45.4 Å². The van der Waals surface area contributed by atoms with Crippen molar-refractivity contribution in [3.8, 4) is 12.1 Å². The second-order valence-corrected chi connectivity index (χ2v) is 12.3. The molecule has 3 aliphatic rings. The fraction of sp³-hybridized carbons (Fsp3) is 0.500. The van der Waals surface area contributed by atoms with E-state index < -0.39 is 12.1 Å². The normalized spacial score (nSPS) is 22.2. The molecule has 2 saturated heterocycles. The van der Waals surface area contributed by atoms with Gasteiger partial charge in [0.05, 0.1) is 37.4 Å². The third kappa shape index (κ3) is 5.90. The monoisotopic (exact) mass is 585 g/mol. The Morgan fingerprint density at radius 3 is 2.72 bits per heavy atom. The van der Waals surface area contributed by atoms with E-state index in [2.05, 4.69) is 84.1 Å². The summed E-state index contributed by atoms with van der Waals surface area (Å²) in [7, 11) is 2.10. The predicted octanol–water partition coefficient (Wildman–Crippen LogP) is 3.76. The van der Waals surface area contributed by atoms with E-state index in [9.17, 15) is 15.2 Å². The number of amides is 1. The van der Waals surface area contributed by atoms with Gasteiger partial charge in [-0.05, 0) is 38.8 Å². The van der Waals surface area contributed by atoms with Gasteiger partial charge in [-0.1, -0.05) is 36.4 Å². The van der Waals surface area contributed by atoms with E-state index in [1.807, 2.05) is 0 Å². The molecule has 1 amide bonds. The van der Waals surface area contributed by atoms with E-state index in [0.717, 1.165) is 42.3 Å². The Morgan fingerprint density at radius 2 is 1.93 bits per heavy atom. The van der Waals surface area contributed by atoms with Gasteiger partial charge in [0, 0.05) is 54.9 Å². The van der Waals surface area contributed by atoms with Crippen LogP contribution < -0.4 is 14.5 Å². The Bertz CT molecular complexity index is 1530. The van der Waals surface area contributed by atoms with Gasteiger partial charge in [0.2, 0.25) is 0 Å². The average molecular weight is 586 g/mol. The van der Waals surface area contributed by atoms with Gasteiger partial charge in [0.25, 0.3) is 0 Å². The number of hydrogen-bond donors (Lipinski definition) is 1. The molecular weight excluding hydrogens is 546 g/mol. The van der Waals surface area contributed by atoms with Crippen LogP contribution in [-0.2, 0) is 17.7 Å². The van der Waals surface area contributed by atoms with Crippen molar-refractivity contribution in [2.45, 2.75) is 50.9 Å². The van der Waals surface area contributed by atoms with Crippen LogP contribution in [0.1, 0.15) is 31.5 Å². The Kier molecular flexibility index (Phi) is 7.99. The van der Waals surface area contributed by atoms with Gasteiger partial charge >= 0.3 is 12.1 Å². The summed E-state index contributed by atoms with van der Waals surface area (Å²) in [6.45, 7) is 8.58. The number of ether oxygens (including phenoxy) is 2. The number of nitriles is 1. The van der Waals surface area contributed by atoms with Crippen molar-refractivity contribution < 1.29 is 19.4 Å². The molecule has 43 heavy (non-hydrogen) atoms. The molecule has 226 valence electrons. The summed E-state index contributed by atoms with van der Waals surface area (Å²) in [5, 5.41) is 21.5. The van der Waals surface area contributed by atoms with Crippen LogP contribution >= 0.6 is 0 Å². The van der Waals surface area contributed by atoms with Crippen LogP contribution in [0.15, 0.2) is 42.5 Å². The zero-order valence-corrected chi connectivity index (χ0v) is 25.1. The zero-order chi connectivity index (χ0) is 30.1. The van der Waals surface area contributed by atoms with Crippen molar-refractivity contribution in [3.05, 3.63) is 53.7 Å². The lowest BCUT2D eigenvalue weighted by molar-refractivity contribution is -0.101. The maximum atomic E-state index is 11.9. The zero-order valence-electron chi connectivity index (χ0n) is 25.1. The first-order chi connectivity index (χ1) is 20.7. The fourth-order valence-electron chi connectivity index (χ4n) is 6.29. The molecule has 0 bridgehead atoms. The maximum absolute atomic E-state index is 11.9. The van der Waals surface area contributed by atoms with Crippen molar-refractivity contribution >= 4 is 28.4 Å². The van der Waals surface area contributed by atoms with E-state index in [1.54, 1.807) is 0 Å². The van der Waals surface area contributed by atoms with E-state index in [-0.39, 0.29) is 18.1 Å². The highest BCUT2D eigenvalue weighted by molar-refractivity contribution is 5.94. The Labute approximate surface area is 252 Å². The standard InChI is InChI=1S/C32H39N7O4/c1-32(2)21-43-24(18-36(32)3)20-42-30-34-27-19-37(28-10-6-8-22-7-4-5-9-25(22)28)14-12-26(27)29(35-30)38-15-16-39(31(40)41)23(17-38)11-13-33/h4-10,23-24H,11-12,14-21H2,1-3H3,(H,40,41)/t23-,24+/m0/s1. The number of piperazine rings is 1. The van der Waals surface area contributed by atoms with Crippen LogP contribution in [0.3, 0.4) is 0 Å². The van der Waals surface area contributed by atoms with Crippen LogP contribution in [-0.4, -0.2) is 102 Å². The number of carbonyl (C=O) groups is 1. The molecule has 2 aromatic carbocycles. The highest BCUT2D eigenvalue weighted by Gasteiger charge is 2.35. The van der Waals surface area contributed by atoms with Crippen LogP contribution in [0.5, 0.6) is 6.01 Å². The Balaban J connectivity index is 1.30. The molecule has 4 heterocycles. The number of hydrogen-bond acceptors (Lipinski definition) is 9. The molecule has 11 nitrogen and oxygen atoms in total. The molecule has 1 N–H and O–H groups in total. The topological polar surface area (TPSA) is 118 Å². The Morgan fingerprint density at radius 1 is 1.12 bits per heavy atom. The maximum Gasteiger partial charge on any atom is 0.407 e. The molecule has 0 saturated carbocycles. The number of morpholine rings is 1. The molecule has 0 aliphatic carbocycles. The Hall–Kier alpha value is -4.14. The number of carboxylic acid groups (broad SMARTS) is 1. The smallest absolute Gasteiger partial charge is 0.407 e. The lowest BCUT2D eigenvalue weighted by atomic mass is 10.0. The fourth-order valence-corrected chi connectivity index (χ4v) is 6.29. The number of rotatable bonds is 6. The summed E-state index contributed by atoms with van der Waals surface area (Å²) in [5.74, 6) is 0.772. The van der Waals surface area contributed by atoms with Crippen LogP contribution in [0.4, 0.5) is 16.3 Å². The first kappa shape index (κ1) is 29.0. The van der Waals surface area contributed by atoms with Crippen molar-refractivity contribution in [2.24, 2.45) is 0 Å². The highest BCUT2D eigenvalue weighted by Crippen LogP contribution is 2.35. The molecule has 0 radical (unpaired) electrons. The number of aromatic nitrogens is 2. The molecule has 6 rings (SSSR count). The molecular formula is C32H39N7O4. The summed E-state index contributed by atoms with van der Waals surface area (Å²) in [5.41, 5.74) is 3.09. The van der Waals surface area contributed by atoms with E-state index in [1.165, 1.54) is 15.7 Å². The first-order valence-corrected chi connectivity index (χ1v) is 14.9. The molecule has 3 aliphatic heterocycles. The minimum atomic E-state index is -1.00. The van der Waals surface area contributed by atoms with Crippen molar-refractivity contribution in [1.29, 1.82) is 5.26 Å². The highest BCUT2D eigenvalue weighted by atomic mass is 16.5. The molecule has 11 heteroatoms. The summed E-state index contributed by atoms with van der Waals surface area (Å²) < 4.78 is 12.3. The largest absolute Gasteiger partial charge is 0.465 e. The number of nitrogens with zero attached hydrogens (tertiary/aromatic N) is 7. The first-order valence-electron chi connectivity index (χ1n) is 14.9. The lowest BCUT2D eigenvalue weighted by Crippen LogP contribution is -2.55. The molecule has 2 fully saturated rings. The summed E-state index contributed by atoms with van der Waals surface area (Å²) in [6, 6.07) is 16.8. The van der Waals surface area contributed by atoms with Gasteiger partial charge in [0.1, 0.15) is 18.5 Å². The number of benzene rings is 2. The van der Waals surface area contributed by atoms with Crippen LogP contribution in [0.25, 0.3) is 10.8 Å². The van der Waals surface area contributed by atoms with E-state index in [4.69, 9.17) is 19.4 Å². The number of anilines is 2. The molecule has 0 unspecified atom stereocenters. The van der Waals surface area contributed by atoms with Crippen LogP contribution in [0.2, 0.25) is 0 Å². The predicted molar refractivity (Wildman–Crippen MR) is 164 cm³/mol. The minimum Gasteiger partial charge on any atom is -0.465 e. The van der Waals surface area contributed by atoms with Gasteiger partial charge in [-0.2, -0.15) is 15.2 Å². The van der Waals surface area contributed by atoms with Crippen molar-refractivity contribution in [1.82, 2.24) is 19.8 Å². The third-order valence-corrected chi connectivity index (χ3v) is 9.07. The average Bonchev–Trinajstić information content (AvgIpc) is 3.00. The summed E-state index contributed by atoms with van der Waals surface area (Å²) in [4.78, 5) is 29.8. The van der Waals surface area contributed by atoms with Crippen molar-refractivity contribution in [2.75, 3.05) is 62.8 Å². The SMILES string of the molecule is CN1C[C@H](COc2nc3c(c(N4CCN(C(=O)O)[C@@H](CC#N)C4)n2)CCN(c2cccc4ccccc24)C3)OCC1(C)C. The minimum absolute atomic E-state index is 0.0326. The van der Waals surface area contributed by atoms with Crippen LogP contribution in [0, 0.1) is 11.3 Å². The van der Waals surface area contributed by atoms with Gasteiger partial charge in [-0.25, -0.2) is 4.79 Å². The summed E-state index contributed by atoms with van der Waals surface area (Å²) >= 11 is 0. The lowest BCUT2D eigenvalue weighted by Gasteiger charge is -2.43. The quantitative estimate of drug-likeness (QED) is 0.458. The molecule has 2 atom stereocenters. The summed E-state index contributed by atoms with van der Waals surface area (Å²) in [6.07, 6.45) is -0.244. The number of fused-ring (bicyclic) bond motifs is 2. The third-order valence-electron chi connectivity index (χ3n) is 9.07. The molecule has 0 spiro atoms. The van der Waals surface area contributed by atoms with Gasteiger partial charge in [-0.15, -0.1) is 0 Å². The van der Waals surface area contributed by atoms with Crippen molar-refractivity contribution in [3.63, 3.8) is 0 Å². The van der Waals surface area contributed by atoms with Gasteiger partial charge in [-0.3, -0.25) is 4.90 Å². The number of likely N-dealkylation sites (N-methyl/N-ethyl adjacent to an activating group) is 1. The van der Waals surface area contributed by atoms with Gasteiger partial charge < -0.3 is 29.3 Å². The molecule has 3 aromatic rings. The second-order valence-electron chi connectivity index (χ2n) is 12.3. The second kappa shape index (κ2) is 11.9. The van der Waals surface area contributed by atoms with Gasteiger partial charge in [0.15, 0.2) is 0 Å². The molecule has 1 aromatic heterocycles. The van der Waals surface area contributed by atoms with E-state index >= 15 is 0 Å².